The number of aliphatic hydroxyl groups excluding tert-OH is 1. The summed E-state index contributed by atoms with van der Waals surface area (Å²) in [6, 6.07) is 11.0. The Bertz CT molecular complexity index is 1050. The summed E-state index contributed by atoms with van der Waals surface area (Å²) in [7, 11) is 2.13. The first kappa shape index (κ1) is 20.7. The van der Waals surface area contributed by atoms with E-state index in [0.29, 0.717) is 24.4 Å². The molecule has 4 heterocycles. The molecule has 1 unspecified atom stereocenters. The van der Waals surface area contributed by atoms with Crippen LogP contribution in [0, 0.1) is 0 Å². The molecule has 0 bridgehead atoms. The van der Waals surface area contributed by atoms with Crippen molar-refractivity contribution in [2.45, 2.75) is 19.8 Å². The molecule has 8 nitrogen and oxygen atoms in total. The minimum Gasteiger partial charge on any atom is -0.364 e. The number of rotatable bonds is 7. The Balaban J connectivity index is 1.66. The van der Waals surface area contributed by atoms with Crippen LogP contribution in [-0.4, -0.2) is 75.5 Å². The third-order valence-corrected chi connectivity index (χ3v) is 5.63. The average Bonchev–Trinajstić information content (AvgIpc) is 3.14. The Kier molecular flexibility index (Phi) is 6.29. The maximum absolute atomic E-state index is 12.4. The summed E-state index contributed by atoms with van der Waals surface area (Å²) in [5.74, 6) is 0. The summed E-state index contributed by atoms with van der Waals surface area (Å²) in [6.07, 6.45) is 0.867. The van der Waals surface area contributed by atoms with Crippen molar-refractivity contribution in [2.24, 2.45) is 0 Å². The lowest BCUT2D eigenvalue weighted by Crippen LogP contribution is -2.46. The Hall–Kier alpha value is -2.52. The van der Waals surface area contributed by atoms with Gasteiger partial charge in [-0.15, -0.1) is 0 Å². The molecule has 0 radical (unpaired) electrons. The molecule has 1 N–H and O–H groups in total. The zero-order valence-electron chi connectivity index (χ0n) is 17.6. The van der Waals surface area contributed by atoms with Gasteiger partial charge in [-0.05, 0) is 38.2 Å². The highest BCUT2D eigenvalue weighted by Crippen LogP contribution is 2.31. The lowest BCUT2D eigenvalue weighted by Gasteiger charge is -2.32. The Morgan fingerprint density at radius 3 is 2.70 bits per heavy atom. The van der Waals surface area contributed by atoms with Crippen molar-refractivity contribution in [2.75, 3.05) is 46.4 Å². The van der Waals surface area contributed by atoms with Crippen LogP contribution in [0.4, 0.5) is 0 Å². The average molecular weight is 412 g/mol. The van der Waals surface area contributed by atoms with Crippen LogP contribution < -0.4 is 5.56 Å². The van der Waals surface area contributed by atoms with E-state index in [-0.39, 0.29) is 5.56 Å². The third-order valence-electron chi connectivity index (χ3n) is 5.63. The van der Waals surface area contributed by atoms with Crippen LogP contribution >= 0.6 is 0 Å². The number of pyridine rings is 1. The van der Waals surface area contributed by atoms with Crippen molar-refractivity contribution in [1.29, 1.82) is 0 Å². The molecule has 1 atom stereocenters. The smallest absolute Gasteiger partial charge is 0.266 e. The summed E-state index contributed by atoms with van der Waals surface area (Å²) >= 11 is 0. The number of hydrogen-bond donors (Lipinski definition) is 1. The first-order valence-corrected chi connectivity index (χ1v) is 10.5. The standard InChI is InChI=1S/C22H29N5O3/c1-3-30-22(29)18-16-17-6-4-5-9-26(17)21(18)19-7-8-20(28)27(23-19)15-14-25-12-10-24(2)11-13-25/h4-9,16,22,29H,3,10-15H2,1-2H3. The van der Waals surface area contributed by atoms with Crippen molar-refractivity contribution in [3.63, 3.8) is 0 Å². The molecule has 160 valence electrons. The number of fused-ring (bicyclic) bond motifs is 1. The number of piperazine rings is 1. The number of aromatic nitrogens is 3. The second-order valence-electron chi connectivity index (χ2n) is 7.68. The summed E-state index contributed by atoms with van der Waals surface area (Å²) in [5.41, 5.74) is 2.81. The molecule has 1 fully saturated rings. The predicted molar refractivity (Wildman–Crippen MR) is 115 cm³/mol. The van der Waals surface area contributed by atoms with Crippen LogP contribution in [0.2, 0.25) is 0 Å². The molecule has 3 aromatic heterocycles. The van der Waals surface area contributed by atoms with Crippen LogP contribution in [0.15, 0.2) is 47.4 Å². The van der Waals surface area contributed by atoms with Gasteiger partial charge in [0.05, 0.1) is 12.2 Å². The molecule has 8 heteroatoms. The number of likely N-dealkylation sites (N-methyl/N-ethyl adjacent to an activating group) is 1. The lowest BCUT2D eigenvalue weighted by molar-refractivity contribution is -0.0975. The number of hydrogen-bond acceptors (Lipinski definition) is 6. The maximum Gasteiger partial charge on any atom is 0.266 e. The molecule has 0 spiro atoms. The Morgan fingerprint density at radius 2 is 1.93 bits per heavy atom. The molecule has 0 saturated carbocycles. The molecule has 0 aliphatic carbocycles. The van der Waals surface area contributed by atoms with Crippen LogP contribution in [0.5, 0.6) is 0 Å². The second-order valence-corrected chi connectivity index (χ2v) is 7.68. The monoisotopic (exact) mass is 411 g/mol. The van der Waals surface area contributed by atoms with Crippen LogP contribution in [0.1, 0.15) is 18.8 Å². The van der Waals surface area contributed by atoms with E-state index in [1.54, 1.807) is 12.1 Å². The van der Waals surface area contributed by atoms with E-state index in [0.717, 1.165) is 43.9 Å². The number of aliphatic hydroxyl groups is 1. The zero-order chi connectivity index (χ0) is 21.1. The van der Waals surface area contributed by atoms with Gasteiger partial charge in [-0.3, -0.25) is 9.69 Å². The van der Waals surface area contributed by atoms with E-state index in [4.69, 9.17) is 4.74 Å². The van der Waals surface area contributed by atoms with Gasteiger partial charge < -0.3 is 19.1 Å². The second kappa shape index (κ2) is 9.09. The van der Waals surface area contributed by atoms with E-state index in [1.807, 2.05) is 41.8 Å². The van der Waals surface area contributed by atoms with Crippen LogP contribution in [0.25, 0.3) is 16.9 Å². The zero-order valence-corrected chi connectivity index (χ0v) is 17.6. The number of nitrogens with zero attached hydrogens (tertiary/aromatic N) is 5. The predicted octanol–water partition coefficient (Wildman–Crippen LogP) is 1.44. The quantitative estimate of drug-likeness (QED) is 0.593. The Labute approximate surface area is 175 Å². The van der Waals surface area contributed by atoms with Crippen molar-refractivity contribution < 1.29 is 9.84 Å². The SMILES string of the molecule is CCOC(O)c1cc2ccccn2c1-c1ccc(=O)n(CCN2CCN(C)CC2)n1. The highest BCUT2D eigenvalue weighted by atomic mass is 16.6. The molecule has 3 aromatic rings. The van der Waals surface area contributed by atoms with Crippen molar-refractivity contribution in [1.82, 2.24) is 24.0 Å². The normalized spacial score (nSPS) is 16.9. The first-order chi connectivity index (χ1) is 14.6. The van der Waals surface area contributed by atoms with E-state index >= 15 is 0 Å². The van der Waals surface area contributed by atoms with Crippen molar-refractivity contribution in [3.8, 4) is 11.4 Å². The van der Waals surface area contributed by atoms with E-state index in [1.165, 1.54) is 4.68 Å². The summed E-state index contributed by atoms with van der Waals surface area (Å²) in [6.45, 7) is 7.63. The van der Waals surface area contributed by atoms with Gasteiger partial charge in [0.1, 0.15) is 5.69 Å². The molecule has 1 aliphatic heterocycles. The molecular formula is C22H29N5O3. The molecular weight excluding hydrogens is 382 g/mol. The topological polar surface area (TPSA) is 75.2 Å². The molecule has 1 aliphatic rings. The summed E-state index contributed by atoms with van der Waals surface area (Å²) in [4.78, 5) is 17.1. The molecule has 1 saturated heterocycles. The van der Waals surface area contributed by atoms with Gasteiger partial charge in [-0.25, -0.2) is 4.68 Å². The van der Waals surface area contributed by atoms with E-state index < -0.39 is 6.29 Å². The maximum atomic E-state index is 12.4. The minimum atomic E-state index is -1.06. The van der Waals surface area contributed by atoms with Gasteiger partial charge in [0.25, 0.3) is 5.56 Å². The molecule has 0 aromatic carbocycles. The fourth-order valence-electron chi connectivity index (χ4n) is 3.89. The largest absolute Gasteiger partial charge is 0.364 e. The molecule has 4 rings (SSSR count). The molecule has 0 amide bonds. The molecule has 30 heavy (non-hydrogen) atoms. The van der Waals surface area contributed by atoms with Crippen LogP contribution in [0.3, 0.4) is 0 Å². The van der Waals surface area contributed by atoms with Crippen molar-refractivity contribution in [3.05, 3.63) is 58.5 Å². The number of ether oxygens (including phenoxy) is 1. The van der Waals surface area contributed by atoms with E-state index in [2.05, 4.69) is 21.9 Å². The van der Waals surface area contributed by atoms with E-state index in [9.17, 15) is 9.90 Å². The first-order valence-electron chi connectivity index (χ1n) is 10.5. The van der Waals surface area contributed by atoms with Gasteiger partial charge in [-0.1, -0.05) is 6.07 Å². The summed E-state index contributed by atoms with van der Waals surface area (Å²) < 4.78 is 8.93. The summed E-state index contributed by atoms with van der Waals surface area (Å²) in [5, 5.41) is 15.2. The minimum absolute atomic E-state index is 0.124. The fourth-order valence-corrected chi connectivity index (χ4v) is 3.89. The lowest BCUT2D eigenvalue weighted by atomic mass is 10.1. The Morgan fingerprint density at radius 1 is 1.13 bits per heavy atom. The van der Waals surface area contributed by atoms with Crippen LogP contribution in [-0.2, 0) is 11.3 Å². The van der Waals surface area contributed by atoms with Crippen molar-refractivity contribution >= 4 is 5.52 Å². The van der Waals surface area contributed by atoms with Gasteiger partial charge >= 0.3 is 0 Å². The third kappa shape index (κ3) is 4.32. The van der Waals surface area contributed by atoms with Gasteiger partial charge in [0, 0.05) is 62.7 Å². The highest BCUT2D eigenvalue weighted by Gasteiger charge is 2.21. The van der Waals surface area contributed by atoms with Gasteiger partial charge in [0.2, 0.25) is 0 Å². The highest BCUT2D eigenvalue weighted by molar-refractivity contribution is 5.69. The van der Waals surface area contributed by atoms with Gasteiger partial charge in [-0.2, -0.15) is 5.10 Å². The van der Waals surface area contributed by atoms with Gasteiger partial charge in [0.15, 0.2) is 6.29 Å². The fraction of sp³-hybridized carbons (Fsp3) is 0.455.